The summed E-state index contributed by atoms with van der Waals surface area (Å²) in [7, 11) is -3.80. The third-order valence-electron chi connectivity index (χ3n) is 2.90. The normalized spacial score (nSPS) is 11.3. The van der Waals surface area contributed by atoms with Crippen LogP contribution in [0.15, 0.2) is 53.4 Å². The summed E-state index contributed by atoms with van der Waals surface area (Å²) in [5, 5.41) is 3.15. The first-order valence-electron chi connectivity index (χ1n) is 6.97. The number of halogens is 1. The Labute approximate surface area is 140 Å². The summed E-state index contributed by atoms with van der Waals surface area (Å²) in [4.78, 5) is 12.0. The maximum Gasteiger partial charge on any atom is 0.261 e. The largest absolute Gasteiger partial charge is 0.350 e. The lowest BCUT2D eigenvalue weighted by molar-refractivity contribution is 0.0943. The summed E-state index contributed by atoms with van der Waals surface area (Å²) in [6, 6.07) is 12.2. The highest BCUT2D eigenvalue weighted by atomic mass is 35.5. The molecular formula is C16H17ClN2O3S. The first-order chi connectivity index (χ1) is 10.8. The van der Waals surface area contributed by atoms with Gasteiger partial charge in [-0.3, -0.25) is 9.52 Å². The molecule has 5 nitrogen and oxygen atoms in total. The van der Waals surface area contributed by atoms with E-state index in [0.29, 0.717) is 10.7 Å². The predicted octanol–water partition coefficient (Wildman–Crippen LogP) is 3.28. The molecule has 2 aromatic carbocycles. The predicted molar refractivity (Wildman–Crippen MR) is 91.3 cm³/mol. The number of anilines is 1. The zero-order valence-corrected chi connectivity index (χ0v) is 14.3. The SMILES string of the molecule is CC(C)NC(=O)c1cccc(S(=O)(=O)Nc2cccc(Cl)c2)c1. The highest BCUT2D eigenvalue weighted by Crippen LogP contribution is 2.20. The molecule has 23 heavy (non-hydrogen) atoms. The summed E-state index contributed by atoms with van der Waals surface area (Å²) >= 11 is 5.85. The van der Waals surface area contributed by atoms with Gasteiger partial charge in [-0.25, -0.2) is 8.42 Å². The van der Waals surface area contributed by atoms with Crippen LogP contribution in [0.4, 0.5) is 5.69 Å². The van der Waals surface area contributed by atoms with Crippen molar-refractivity contribution in [3.8, 4) is 0 Å². The first-order valence-corrected chi connectivity index (χ1v) is 8.83. The van der Waals surface area contributed by atoms with E-state index in [1.165, 1.54) is 24.3 Å². The molecule has 2 rings (SSSR count). The second-order valence-electron chi connectivity index (χ2n) is 5.27. The minimum atomic E-state index is -3.80. The minimum Gasteiger partial charge on any atom is -0.350 e. The van der Waals surface area contributed by atoms with Crippen molar-refractivity contribution < 1.29 is 13.2 Å². The lowest BCUT2D eigenvalue weighted by atomic mass is 10.2. The Kier molecular flexibility index (Phi) is 5.28. The zero-order valence-electron chi connectivity index (χ0n) is 12.7. The molecule has 0 fully saturated rings. The monoisotopic (exact) mass is 352 g/mol. The van der Waals surface area contributed by atoms with Crippen LogP contribution in [0, 0.1) is 0 Å². The quantitative estimate of drug-likeness (QED) is 0.867. The molecule has 0 aliphatic carbocycles. The van der Waals surface area contributed by atoms with E-state index in [9.17, 15) is 13.2 Å². The average molecular weight is 353 g/mol. The van der Waals surface area contributed by atoms with Crippen LogP contribution >= 0.6 is 11.6 Å². The van der Waals surface area contributed by atoms with Crippen molar-refractivity contribution >= 4 is 33.2 Å². The molecule has 0 unspecified atom stereocenters. The van der Waals surface area contributed by atoms with Crippen molar-refractivity contribution in [3.05, 3.63) is 59.1 Å². The van der Waals surface area contributed by atoms with Crippen LogP contribution in [-0.4, -0.2) is 20.4 Å². The second-order valence-corrected chi connectivity index (χ2v) is 7.39. The minimum absolute atomic E-state index is 0.00822. The van der Waals surface area contributed by atoms with Crippen LogP contribution in [0.2, 0.25) is 5.02 Å². The van der Waals surface area contributed by atoms with Gasteiger partial charge in [0.2, 0.25) is 0 Å². The molecule has 0 aliphatic heterocycles. The summed E-state index contributed by atoms with van der Waals surface area (Å²) in [6.07, 6.45) is 0. The number of carbonyl (C=O) groups is 1. The Morgan fingerprint density at radius 2 is 1.78 bits per heavy atom. The molecule has 0 radical (unpaired) electrons. The van der Waals surface area contributed by atoms with Gasteiger partial charge in [0.15, 0.2) is 0 Å². The van der Waals surface area contributed by atoms with Crippen LogP contribution < -0.4 is 10.0 Å². The van der Waals surface area contributed by atoms with Crippen molar-refractivity contribution in [1.29, 1.82) is 0 Å². The van der Waals surface area contributed by atoms with Crippen LogP contribution in [0.25, 0.3) is 0 Å². The Balaban J connectivity index is 2.28. The van der Waals surface area contributed by atoms with Gasteiger partial charge in [0.05, 0.1) is 10.6 Å². The van der Waals surface area contributed by atoms with Gasteiger partial charge in [0.1, 0.15) is 0 Å². The smallest absolute Gasteiger partial charge is 0.261 e. The highest BCUT2D eigenvalue weighted by Gasteiger charge is 2.17. The Morgan fingerprint density at radius 3 is 2.43 bits per heavy atom. The lowest BCUT2D eigenvalue weighted by Crippen LogP contribution is -2.30. The topological polar surface area (TPSA) is 75.3 Å². The summed E-state index contributed by atoms with van der Waals surface area (Å²) in [5.74, 6) is -0.320. The third kappa shape index (κ3) is 4.71. The van der Waals surface area contributed by atoms with Gasteiger partial charge in [0, 0.05) is 16.6 Å². The highest BCUT2D eigenvalue weighted by molar-refractivity contribution is 7.92. The molecule has 122 valence electrons. The maximum absolute atomic E-state index is 12.4. The van der Waals surface area contributed by atoms with Crippen molar-refractivity contribution in [2.45, 2.75) is 24.8 Å². The number of hydrogen-bond acceptors (Lipinski definition) is 3. The second kappa shape index (κ2) is 7.02. The van der Waals surface area contributed by atoms with Crippen LogP contribution in [0.1, 0.15) is 24.2 Å². The van der Waals surface area contributed by atoms with E-state index in [2.05, 4.69) is 10.0 Å². The number of sulfonamides is 1. The van der Waals surface area contributed by atoms with E-state index < -0.39 is 10.0 Å². The van der Waals surface area contributed by atoms with Gasteiger partial charge in [-0.15, -0.1) is 0 Å². The van der Waals surface area contributed by atoms with E-state index in [1.807, 2.05) is 13.8 Å². The molecule has 0 heterocycles. The van der Waals surface area contributed by atoms with Crippen molar-refractivity contribution in [1.82, 2.24) is 5.32 Å². The summed E-state index contributed by atoms with van der Waals surface area (Å²) < 4.78 is 27.3. The number of benzene rings is 2. The van der Waals surface area contributed by atoms with Crippen molar-refractivity contribution in [3.63, 3.8) is 0 Å². The molecule has 0 aliphatic rings. The van der Waals surface area contributed by atoms with Crippen LogP contribution in [0.5, 0.6) is 0 Å². The summed E-state index contributed by atoms with van der Waals surface area (Å²) in [5.41, 5.74) is 0.641. The third-order valence-corrected chi connectivity index (χ3v) is 4.52. The molecule has 7 heteroatoms. The van der Waals surface area contributed by atoms with Gasteiger partial charge in [-0.1, -0.05) is 23.7 Å². The molecule has 0 aromatic heterocycles. The molecule has 2 aromatic rings. The maximum atomic E-state index is 12.4. The number of rotatable bonds is 5. The number of hydrogen-bond donors (Lipinski definition) is 2. The number of carbonyl (C=O) groups excluding carboxylic acids is 1. The molecule has 0 atom stereocenters. The molecule has 0 spiro atoms. The fourth-order valence-electron chi connectivity index (χ4n) is 1.92. The zero-order chi connectivity index (χ0) is 17.0. The van der Waals surface area contributed by atoms with E-state index in [4.69, 9.17) is 11.6 Å². The average Bonchev–Trinajstić information content (AvgIpc) is 2.46. The van der Waals surface area contributed by atoms with Gasteiger partial charge >= 0.3 is 0 Å². The first kappa shape index (κ1) is 17.3. The van der Waals surface area contributed by atoms with Crippen LogP contribution in [-0.2, 0) is 10.0 Å². The van der Waals surface area contributed by atoms with Gasteiger partial charge in [0.25, 0.3) is 15.9 Å². The lowest BCUT2D eigenvalue weighted by Gasteiger charge is -2.11. The Bertz CT molecular complexity index is 820. The number of nitrogens with one attached hydrogen (secondary N) is 2. The molecular weight excluding hydrogens is 336 g/mol. The van der Waals surface area contributed by atoms with Crippen molar-refractivity contribution in [2.24, 2.45) is 0 Å². The van der Waals surface area contributed by atoms with E-state index >= 15 is 0 Å². The van der Waals surface area contributed by atoms with E-state index in [-0.39, 0.29) is 22.4 Å². The van der Waals surface area contributed by atoms with Gasteiger partial charge in [-0.05, 0) is 50.2 Å². The number of amides is 1. The molecule has 0 saturated carbocycles. The molecule has 2 N–H and O–H groups in total. The Hall–Kier alpha value is -2.05. The molecule has 1 amide bonds. The summed E-state index contributed by atoms with van der Waals surface area (Å²) in [6.45, 7) is 3.67. The molecule has 0 saturated heterocycles. The van der Waals surface area contributed by atoms with E-state index in [0.717, 1.165) is 0 Å². The van der Waals surface area contributed by atoms with Crippen LogP contribution in [0.3, 0.4) is 0 Å². The molecule has 0 bridgehead atoms. The fraction of sp³-hybridized carbons (Fsp3) is 0.188. The standard InChI is InChI=1S/C16H17ClN2O3S/c1-11(2)18-16(20)12-5-3-8-15(9-12)23(21,22)19-14-7-4-6-13(17)10-14/h3-11,19H,1-2H3,(H,18,20). The van der Waals surface area contributed by atoms with Gasteiger partial charge in [-0.2, -0.15) is 0 Å². The van der Waals surface area contributed by atoms with E-state index in [1.54, 1.807) is 24.3 Å². The Morgan fingerprint density at radius 1 is 1.09 bits per heavy atom. The van der Waals surface area contributed by atoms with Crippen molar-refractivity contribution in [2.75, 3.05) is 4.72 Å². The fourth-order valence-corrected chi connectivity index (χ4v) is 3.20. The van der Waals surface area contributed by atoms with Gasteiger partial charge < -0.3 is 5.32 Å².